The van der Waals surface area contributed by atoms with Crippen LogP contribution in [0.1, 0.15) is 23.2 Å². The highest BCUT2D eigenvalue weighted by Gasteiger charge is 2.24. The minimum atomic E-state index is -0.0630. The number of pyridine rings is 1. The smallest absolute Gasteiger partial charge is 0.257 e. The van der Waals surface area contributed by atoms with Crippen LogP contribution in [-0.2, 0) is 0 Å². The van der Waals surface area contributed by atoms with Gasteiger partial charge < -0.3 is 15.7 Å². The number of nitrogens with zero attached hydrogens (tertiary/aromatic N) is 2. The van der Waals surface area contributed by atoms with E-state index in [-0.39, 0.29) is 18.3 Å². The summed E-state index contributed by atoms with van der Waals surface area (Å²) in [6.45, 7) is 1.56. The fraction of sp³-hybridized carbons (Fsp3) is 0.500. The number of nitrogens with two attached hydrogens (primary N) is 1. The number of carbonyl (C=O) groups is 1. The lowest BCUT2D eigenvalue weighted by atomic mass is 9.97. The molecule has 0 radical (unpaired) electrons. The van der Waals surface area contributed by atoms with E-state index in [0.717, 1.165) is 12.8 Å². The van der Waals surface area contributed by atoms with Crippen molar-refractivity contribution in [2.75, 3.05) is 25.4 Å². The van der Waals surface area contributed by atoms with Crippen molar-refractivity contribution in [3.63, 3.8) is 0 Å². The molecule has 5 heteroatoms. The Labute approximate surface area is 100 Å². The average molecular weight is 235 g/mol. The van der Waals surface area contributed by atoms with Crippen LogP contribution in [0.4, 0.5) is 5.82 Å². The number of anilines is 1. The Morgan fingerprint density at radius 3 is 2.82 bits per heavy atom. The van der Waals surface area contributed by atoms with Crippen LogP contribution < -0.4 is 5.73 Å². The van der Waals surface area contributed by atoms with Crippen molar-refractivity contribution in [2.45, 2.75) is 12.8 Å². The highest BCUT2D eigenvalue weighted by molar-refractivity contribution is 5.98. The zero-order valence-corrected chi connectivity index (χ0v) is 9.67. The Morgan fingerprint density at radius 1 is 1.53 bits per heavy atom. The summed E-state index contributed by atoms with van der Waals surface area (Å²) in [5.41, 5.74) is 6.15. The fourth-order valence-corrected chi connectivity index (χ4v) is 2.09. The van der Waals surface area contributed by atoms with Gasteiger partial charge in [0, 0.05) is 25.9 Å². The summed E-state index contributed by atoms with van der Waals surface area (Å²) in [5.74, 6) is 0.541. The third-order valence-corrected chi connectivity index (χ3v) is 3.23. The molecule has 1 aliphatic heterocycles. The first kappa shape index (κ1) is 11.9. The number of aliphatic hydroxyl groups excluding tert-OH is 1. The number of rotatable bonds is 2. The molecule has 1 aromatic heterocycles. The first-order valence-corrected chi connectivity index (χ1v) is 5.83. The van der Waals surface area contributed by atoms with Crippen LogP contribution in [0.15, 0.2) is 18.3 Å². The van der Waals surface area contributed by atoms with Crippen LogP contribution in [0.3, 0.4) is 0 Å². The van der Waals surface area contributed by atoms with Gasteiger partial charge >= 0.3 is 0 Å². The molecule has 2 heterocycles. The van der Waals surface area contributed by atoms with Gasteiger partial charge in [0.1, 0.15) is 5.82 Å². The second-order valence-corrected chi connectivity index (χ2v) is 4.35. The van der Waals surface area contributed by atoms with Crippen LogP contribution in [-0.4, -0.2) is 40.6 Å². The van der Waals surface area contributed by atoms with Gasteiger partial charge in [0.25, 0.3) is 5.91 Å². The minimum Gasteiger partial charge on any atom is -0.396 e. The highest BCUT2D eigenvalue weighted by atomic mass is 16.3. The second-order valence-electron chi connectivity index (χ2n) is 4.35. The lowest BCUT2D eigenvalue weighted by Gasteiger charge is -2.31. The molecule has 1 fully saturated rings. The molecule has 2 rings (SSSR count). The third-order valence-electron chi connectivity index (χ3n) is 3.23. The number of amides is 1. The molecular formula is C12H17N3O2. The van der Waals surface area contributed by atoms with E-state index in [1.807, 2.05) is 0 Å². The highest BCUT2D eigenvalue weighted by Crippen LogP contribution is 2.19. The summed E-state index contributed by atoms with van der Waals surface area (Å²) in [7, 11) is 0. The van der Waals surface area contributed by atoms with Gasteiger partial charge in [-0.2, -0.15) is 0 Å². The van der Waals surface area contributed by atoms with E-state index < -0.39 is 0 Å². The zero-order chi connectivity index (χ0) is 12.3. The molecule has 1 aromatic rings. The molecule has 5 nitrogen and oxygen atoms in total. The number of aromatic nitrogens is 1. The lowest BCUT2D eigenvalue weighted by Crippen LogP contribution is -2.39. The number of carbonyl (C=O) groups excluding carboxylic acids is 1. The molecule has 17 heavy (non-hydrogen) atoms. The first-order chi connectivity index (χ1) is 8.22. The maximum atomic E-state index is 12.2. The summed E-state index contributed by atoms with van der Waals surface area (Å²) in [5, 5.41) is 9.04. The van der Waals surface area contributed by atoms with E-state index in [1.165, 1.54) is 0 Å². The molecule has 0 bridgehead atoms. The van der Waals surface area contributed by atoms with Crippen molar-refractivity contribution in [3.8, 4) is 0 Å². The molecule has 92 valence electrons. The Balaban J connectivity index is 2.04. The van der Waals surface area contributed by atoms with Gasteiger partial charge in [-0.25, -0.2) is 4.98 Å². The van der Waals surface area contributed by atoms with Gasteiger partial charge in [0.15, 0.2) is 0 Å². The van der Waals surface area contributed by atoms with E-state index in [2.05, 4.69) is 4.98 Å². The summed E-state index contributed by atoms with van der Waals surface area (Å²) in [6, 6.07) is 3.41. The largest absolute Gasteiger partial charge is 0.396 e. The molecule has 1 saturated heterocycles. The van der Waals surface area contributed by atoms with Gasteiger partial charge in [-0.3, -0.25) is 4.79 Å². The van der Waals surface area contributed by atoms with Gasteiger partial charge in [0.05, 0.1) is 5.56 Å². The maximum absolute atomic E-state index is 12.2. The number of nitrogen functional groups attached to an aromatic ring is 1. The van der Waals surface area contributed by atoms with Crippen LogP contribution in [0, 0.1) is 5.92 Å². The molecule has 0 aromatic carbocycles. The minimum absolute atomic E-state index is 0.0630. The van der Waals surface area contributed by atoms with Crippen molar-refractivity contribution in [2.24, 2.45) is 5.92 Å². The van der Waals surface area contributed by atoms with Crippen molar-refractivity contribution in [1.82, 2.24) is 9.88 Å². The van der Waals surface area contributed by atoms with Crippen LogP contribution >= 0.6 is 0 Å². The molecule has 0 atom stereocenters. The SMILES string of the molecule is Nc1ncccc1C(=O)N1CCC(CO)CC1. The van der Waals surface area contributed by atoms with Crippen molar-refractivity contribution < 1.29 is 9.90 Å². The molecule has 1 aliphatic rings. The van der Waals surface area contributed by atoms with Gasteiger partial charge in [-0.1, -0.05) is 0 Å². The number of aliphatic hydroxyl groups is 1. The van der Waals surface area contributed by atoms with E-state index >= 15 is 0 Å². The van der Waals surface area contributed by atoms with Gasteiger partial charge in [-0.15, -0.1) is 0 Å². The Bertz CT molecular complexity index is 400. The zero-order valence-electron chi connectivity index (χ0n) is 9.67. The Morgan fingerprint density at radius 2 is 2.24 bits per heavy atom. The first-order valence-electron chi connectivity index (χ1n) is 5.83. The fourth-order valence-electron chi connectivity index (χ4n) is 2.09. The molecule has 0 unspecified atom stereocenters. The predicted octanol–water partition coefficient (Wildman–Crippen LogP) is 0.508. The van der Waals surface area contributed by atoms with Crippen LogP contribution in [0.25, 0.3) is 0 Å². The maximum Gasteiger partial charge on any atom is 0.257 e. The van der Waals surface area contributed by atoms with Crippen molar-refractivity contribution in [3.05, 3.63) is 23.9 Å². The number of hydrogen-bond donors (Lipinski definition) is 2. The molecular weight excluding hydrogens is 218 g/mol. The van der Waals surface area contributed by atoms with E-state index in [0.29, 0.717) is 24.6 Å². The standard InChI is InChI=1S/C12H17N3O2/c13-11-10(2-1-5-14-11)12(17)15-6-3-9(8-16)4-7-15/h1-2,5,9,16H,3-4,6-8H2,(H2,13,14). The monoisotopic (exact) mass is 235 g/mol. The molecule has 3 N–H and O–H groups in total. The molecule has 0 saturated carbocycles. The third kappa shape index (κ3) is 2.55. The Hall–Kier alpha value is -1.62. The topological polar surface area (TPSA) is 79.5 Å². The van der Waals surface area contributed by atoms with Gasteiger partial charge in [0.2, 0.25) is 0 Å². The molecule has 0 spiro atoms. The second kappa shape index (κ2) is 5.14. The molecule has 0 aliphatic carbocycles. The van der Waals surface area contributed by atoms with Crippen molar-refractivity contribution >= 4 is 11.7 Å². The molecule has 1 amide bonds. The number of piperidine rings is 1. The van der Waals surface area contributed by atoms with E-state index in [9.17, 15) is 4.79 Å². The summed E-state index contributed by atoms with van der Waals surface area (Å²) in [4.78, 5) is 17.9. The number of hydrogen-bond acceptors (Lipinski definition) is 4. The normalized spacial score (nSPS) is 17.1. The quantitative estimate of drug-likeness (QED) is 0.782. The van der Waals surface area contributed by atoms with E-state index in [1.54, 1.807) is 23.2 Å². The van der Waals surface area contributed by atoms with Crippen molar-refractivity contribution in [1.29, 1.82) is 0 Å². The average Bonchev–Trinajstić information content (AvgIpc) is 2.39. The summed E-state index contributed by atoms with van der Waals surface area (Å²) in [6.07, 6.45) is 3.27. The van der Waals surface area contributed by atoms with E-state index in [4.69, 9.17) is 10.8 Å². The van der Waals surface area contributed by atoms with Crippen LogP contribution in [0.2, 0.25) is 0 Å². The lowest BCUT2D eigenvalue weighted by molar-refractivity contribution is 0.0651. The Kier molecular flexibility index (Phi) is 3.58. The predicted molar refractivity (Wildman–Crippen MR) is 64.4 cm³/mol. The van der Waals surface area contributed by atoms with Crippen LogP contribution in [0.5, 0.6) is 0 Å². The van der Waals surface area contributed by atoms with Gasteiger partial charge in [-0.05, 0) is 30.9 Å². The summed E-state index contributed by atoms with van der Waals surface area (Å²) < 4.78 is 0. The number of likely N-dealkylation sites (tertiary alicyclic amines) is 1. The summed E-state index contributed by atoms with van der Waals surface area (Å²) >= 11 is 0.